The molecule has 0 spiro atoms. The van der Waals surface area contributed by atoms with E-state index in [2.05, 4.69) is 15.1 Å². The summed E-state index contributed by atoms with van der Waals surface area (Å²) in [6.45, 7) is 4.06. The minimum atomic E-state index is -0.505. The minimum Gasteiger partial charge on any atom is -0.424 e. The average molecular weight is 346 g/mol. The topological polar surface area (TPSA) is 51.4 Å². The number of nitrogens with zero attached hydrogens (tertiary/aromatic N) is 3. The lowest BCUT2D eigenvalue weighted by Crippen LogP contribution is -2.38. The van der Waals surface area contributed by atoms with E-state index in [4.69, 9.17) is 32.4 Å². The first kappa shape index (κ1) is 15.7. The fourth-order valence-corrected chi connectivity index (χ4v) is 2.92. The molecular weight excluding hydrogens is 332 g/mol. The second-order valence-corrected chi connectivity index (χ2v) is 5.91. The van der Waals surface area contributed by atoms with Gasteiger partial charge < -0.3 is 9.15 Å². The first-order valence-corrected chi connectivity index (χ1v) is 7.56. The maximum absolute atomic E-state index is 13.7. The number of ether oxygens (including phenoxy) is 1. The van der Waals surface area contributed by atoms with Crippen molar-refractivity contribution in [1.82, 2.24) is 15.1 Å². The molecule has 1 saturated heterocycles. The number of aryl methyl sites for hydroxylation is 1. The van der Waals surface area contributed by atoms with Crippen molar-refractivity contribution < 1.29 is 13.5 Å². The largest absolute Gasteiger partial charge is 0.424 e. The lowest BCUT2D eigenvalue weighted by atomic mass is 10.1. The Kier molecular flexibility index (Phi) is 4.63. The zero-order chi connectivity index (χ0) is 15.7. The molecule has 0 N–H and O–H groups in total. The predicted octanol–water partition coefficient (Wildman–Crippen LogP) is 3.40. The Morgan fingerprint density at radius 2 is 2.14 bits per heavy atom. The highest BCUT2D eigenvalue weighted by molar-refractivity contribution is 6.35. The van der Waals surface area contributed by atoms with Crippen molar-refractivity contribution in [3.05, 3.63) is 45.3 Å². The molecule has 1 aromatic heterocycles. The standard InChI is InChI=1S/C14H14Cl2FN3O2/c1-8-18-19-14(22-8)7-20-2-3-21-13(6-20)9-4-12(17)11(16)5-10(9)15/h4-5,13H,2-3,6-7H2,1H3/t13-/m0/s1. The molecule has 0 radical (unpaired) electrons. The van der Waals surface area contributed by atoms with Crippen LogP contribution in [0.3, 0.4) is 0 Å². The number of morpholine rings is 1. The Morgan fingerprint density at radius 1 is 1.32 bits per heavy atom. The molecule has 1 atom stereocenters. The fraction of sp³-hybridized carbons (Fsp3) is 0.429. The average Bonchev–Trinajstić information content (AvgIpc) is 2.88. The first-order valence-electron chi connectivity index (χ1n) is 6.80. The lowest BCUT2D eigenvalue weighted by Gasteiger charge is -2.32. The molecule has 1 aliphatic rings. The summed E-state index contributed by atoms with van der Waals surface area (Å²) in [6, 6.07) is 2.73. The number of halogens is 3. The zero-order valence-electron chi connectivity index (χ0n) is 11.9. The number of aromatic nitrogens is 2. The van der Waals surface area contributed by atoms with Gasteiger partial charge in [0, 0.05) is 30.6 Å². The Balaban J connectivity index is 1.74. The molecule has 2 heterocycles. The van der Waals surface area contributed by atoms with Crippen LogP contribution in [0.15, 0.2) is 16.5 Å². The van der Waals surface area contributed by atoms with Gasteiger partial charge in [0.05, 0.1) is 24.3 Å². The van der Waals surface area contributed by atoms with Crippen LogP contribution in [0.2, 0.25) is 10.0 Å². The minimum absolute atomic E-state index is 0.00255. The summed E-state index contributed by atoms with van der Waals surface area (Å²) < 4.78 is 24.8. The molecule has 0 amide bonds. The third-order valence-electron chi connectivity index (χ3n) is 3.46. The quantitative estimate of drug-likeness (QED) is 0.798. The Labute approximate surface area is 137 Å². The number of rotatable bonds is 3. The number of hydrogen-bond donors (Lipinski definition) is 0. The number of benzene rings is 1. The Hall–Kier alpha value is -1.21. The van der Waals surface area contributed by atoms with Crippen molar-refractivity contribution >= 4 is 23.2 Å². The summed E-state index contributed by atoms with van der Waals surface area (Å²) >= 11 is 11.9. The molecule has 1 fully saturated rings. The van der Waals surface area contributed by atoms with Crippen LogP contribution in [0.1, 0.15) is 23.4 Å². The highest BCUT2D eigenvalue weighted by Crippen LogP contribution is 2.32. The van der Waals surface area contributed by atoms with Gasteiger partial charge in [0.25, 0.3) is 0 Å². The van der Waals surface area contributed by atoms with E-state index in [1.54, 1.807) is 6.92 Å². The van der Waals surface area contributed by atoms with Crippen molar-refractivity contribution in [2.45, 2.75) is 19.6 Å². The van der Waals surface area contributed by atoms with Gasteiger partial charge in [-0.3, -0.25) is 4.90 Å². The Bertz CT molecular complexity index is 680. The van der Waals surface area contributed by atoms with Crippen molar-refractivity contribution in [2.24, 2.45) is 0 Å². The molecule has 5 nitrogen and oxygen atoms in total. The van der Waals surface area contributed by atoms with E-state index in [0.29, 0.717) is 42.1 Å². The van der Waals surface area contributed by atoms with Crippen LogP contribution in [-0.4, -0.2) is 34.8 Å². The highest BCUT2D eigenvalue weighted by atomic mass is 35.5. The normalized spacial score (nSPS) is 19.5. The third-order valence-corrected chi connectivity index (χ3v) is 4.08. The molecule has 118 valence electrons. The van der Waals surface area contributed by atoms with Gasteiger partial charge in [-0.15, -0.1) is 10.2 Å². The summed E-state index contributed by atoms with van der Waals surface area (Å²) in [4.78, 5) is 2.10. The van der Waals surface area contributed by atoms with Crippen LogP contribution in [0, 0.1) is 12.7 Å². The molecule has 1 aromatic carbocycles. The second-order valence-electron chi connectivity index (χ2n) is 5.10. The van der Waals surface area contributed by atoms with E-state index in [0.717, 1.165) is 6.54 Å². The molecule has 22 heavy (non-hydrogen) atoms. The van der Waals surface area contributed by atoms with Gasteiger partial charge in [-0.25, -0.2) is 4.39 Å². The maximum Gasteiger partial charge on any atom is 0.230 e. The smallest absolute Gasteiger partial charge is 0.230 e. The SMILES string of the molecule is Cc1nnc(CN2CCO[C@H](c3cc(F)c(Cl)cc3Cl)C2)o1. The van der Waals surface area contributed by atoms with E-state index in [1.807, 2.05) is 0 Å². The highest BCUT2D eigenvalue weighted by Gasteiger charge is 2.26. The van der Waals surface area contributed by atoms with Crippen molar-refractivity contribution in [2.75, 3.05) is 19.7 Å². The molecule has 2 aromatic rings. The summed E-state index contributed by atoms with van der Waals surface area (Å²) in [5, 5.41) is 8.18. The van der Waals surface area contributed by atoms with E-state index >= 15 is 0 Å². The number of hydrogen-bond acceptors (Lipinski definition) is 5. The van der Waals surface area contributed by atoms with E-state index in [1.165, 1.54) is 12.1 Å². The fourth-order valence-electron chi connectivity index (χ4n) is 2.41. The van der Waals surface area contributed by atoms with Gasteiger partial charge >= 0.3 is 0 Å². The van der Waals surface area contributed by atoms with Gasteiger partial charge in [0.15, 0.2) is 0 Å². The van der Waals surface area contributed by atoms with Crippen molar-refractivity contribution in [1.29, 1.82) is 0 Å². The van der Waals surface area contributed by atoms with Gasteiger partial charge in [0.2, 0.25) is 11.8 Å². The van der Waals surface area contributed by atoms with Crippen LogP contribution in [0.5, 0.6) is 0 Å². The molecule has 3 rings (SSSR count). The Morgan fingerprint density at radius 3 is 2.86 bits per heavy atom. The summed E-state index contributed by atoms with van der Waals surface area (Å²) in [6.07, 6.45) is -0.322. The van der Waals surface area contributed by atoms with Crippen LogP contribution in [0.4, 0.5) is 4.39 Å². The van der Waals surface area contributed by atoms with Crippen LogP contribution in [-0.2, 0) is 11.3 Å². The molecule has 0 aliphatic carbocycles. The van der Waals surface area contributed by atoms with Gasteiger partial charge in [-0.2, -0.15) is 0 Å². The zero-order valence-corrected chi connectivity index (χ0v) is 13.4. The van der Waals surface area contributed by atoms with Crippen molar-refractivity contribution in [3.8, 4) is 0 Å². The molecule has 0 bridgehead atoms. The van der Waals surface area contributed by atoms with Gasteiger partial charge in [-0.05, 0) is 12.1 Å². The van der Waals surface area contributed by atoms with E-state index in [9.17, 15) is 4.39 Å². The first-order chi connectivity index (χ1) is 10.5. The molecule has 0 saturated carbocycles. The molecule has 8 heteroatoms. The van der Waals surface area contributed by atoms with Crippen molar-refractivity contribution in [3.63, 3.8) is 0 Å². The summed E-state index contributed by atoms with van der Waals surface area (Å²) in [7, 11) is 0. The lowest BCUT2D eigenvalue weighted by molar-refractivity contribution is -0.0353. The predicted molar refractivity (Wildman–Crippen MR) is 79.4 cm³/mol. The monoisotopic (exact) mass is 345 g/mol. The summed E-state index contributed by atoms with van der Waals surface area (Å²) in [5.74, 6) is 0.573. The van der Waals surface area contributed by atoms with Crippen LogP contribution in [0.25, 0.3) is 0 Å². The summed E-state index contributed by atoms with van der Waals surface area (Å²) in [5.41, 5.74) is 0.593. The second kappa shape index (κ2) is 6.50. The third kappa shape index (κ3) is 3.41. The van der Waals surface area contributed by atoms with E-state index in [-0.39, 0.29) is 11.1 Å². The van der Waals surface area contributed by atoms with E-state index < -0.39 is 5.82 Å². The maximum atomic E-state index is 13.7. The van der Waals surface area contributed by atoms with Crippen LogP contribution >= 0.6 is 23.2 Å². The van der Waals surface area contributed by atoms with Crippen LogP contribution < -0.4 is 0 Å². The van der Waals surface area contributed by atoms with Gasteiger partial charge in [0.1, 0.15) is 5.82 Å². The van der Waals surface area contributed by atoms with Gasteiger partial charge in [-0.1, -0.05) is 23.2 Å². The molecule has 0 unspecified atom stereocenters. The molecular formula is C14H14Cl2FN3O2. The molecule has 1 aliphatic heterocycles.